The average Bonchev–Trinajstić information content (AvgIpc) is 2.64. The molecule has 0 spiro atoms. The lowest BCUT2D eigenvalue weighted by atomic mass is 9.97. The lowest BCUT2D eigenvalue weighted by molar-refractivity contribution is 0.0945. The third-order valence-corrected chi connectivity index (χ3v) is 4.84. The zero-order valence-electron chi connectivity index (χ0n) is 13.1. The maximum absolute atomic E-state index is 12.3. The highest BCUT2D eigenvalue weighted by Crippen LogP contribution is 2.31. The number of carbonyl (C=O) groups is 1. The van der Waals surface area contributed by atoms with Crippen molar-refractivity contribution in [2.75, 3.05) is 11.1 Å². The van der Waals surface area contributed by atoms with Crippen molar-refractivity contribution in [3.63, 3.8) is 0 Å². The van der Waals surface area contributed by atoms with Gasteiger partial charge in [-0.3, -0.25) is 4.79 Å². The van der Waals surface area contributed by atoms with Gasteiger partial charge in [0.25, 0.3) is 5.91 Å². The molecule has 0 radical (unpaired) electrons. The Balaban J connectivity index is 2.14. The number of nitrogens with two attached hydrogens (primary N) is 1. The van der Waals surface area contributed by atoms with E-state index in [0.29, 0.717) is 23.3 Å². The first-order valence-corrected chi connectivity index (χ1v) is 8.59. The topological polar surface area (TPSA) is 80.0 Å². The number of hydrogen-bond acceptors (Lipinski definition) is 5. The summed E-state index contributed by atoms with van der Waals surface area (Å²) in [5.41, 5.74) is 6.39. The monoisotopic (exact) mass is 310 g/mol. The van der Waals surface area contributed by atoms with Gasteiger partial charge in [0.1, 0.15) is 10.6 Å². The van der Waals surface area contributed by atoms with Crippen LogP contribution >= 0.6 is 11.5 Å². The molecule has 1 fully saturated rings. The maximum atomic E-state index is 12.3. The van der Waals surface area contributed by atoms with Gasteiger partial charge in [0, 0.05) is 12.1 Å². The zero-order chi connectivity index (χ0) is 15.4. The zero-order valence-corrected chi connectivity index (χ0v) is 13.9. The minimum absolute atomic E-state index is 0.0847. The third kappa shape index (κ3) is 4.09. The van der Waals surface area contributed by atoms with Crippen LogP contribution in [-0.2, 0) is 0 Å². The van der Waals surface area contributed by atoms with E-state index in [-0.39, 0.29) is 11.9 Å². The fourth-order valence-electron chi connectivity index (χ4n) is 2.83. The summed E-state index contributed by atoms with van der Waals surface area (Å²) in [5.74, 6) is 0.791. The average molecular weight is 310 g/mol. The molecule has 1 aliphatic rings. The van der Waals surface area contributed by atoms with Gasteiger partial charge in [-0.15, -0.1) is 0 Å². The summed E-state index contributed by atoms with van der Waals surface area (Å²) in [6, 6.07) is 0.486. The summed E-state index contributed by atoms with van der Waals surface area (Å²) in [5, 5.41) is 7.23. The van der Waals surface area contributed by atoms with Crippen LogP contribution in [0.25, 0.3) is 0 Å². The first-order chi connectivity index (χ1) is 9.99. The van der Waals surface area contributed by atoms with Gasteiger partial charge >= 0.3 is 0 Å². The van der Waals surface area contributed by atoms with Crippen molar-refractivity contribution in [3.05, 3.63) is 5.56 Å². The van der Waals surface area contributed by atoms with Crippen LogP contribution in [0.4, 0.5) is 10.8 Å². The lowest BCUT2D eigenvalue weighted by Crippen LogP contribution is -2.32. The Morgan fingerprint density at radius 2 is 2.05 bits per heavy atom. The van der Waals surface area contributed by atoms with Gasteiger partial charge in [-0.1, -0.05) is 26.2 Å². The van der Waals surface area contributed by atoms with Crippen LogP contribution < -0.4 is 16.4 Å². The Labute approximate surface area is 130 Å². The molecule has 0 aliphatic heterocycles. The van der Waals surface area contributed by atoms with Gasteiger partial charge in [-0.25, -0.2) is 0 Å². The van der Waals surface area contributed by atoms with E-state index in [1.165, 1.54) is 37.2 Å². The van der Waals surface area contributed by atoms with Crippen LogP contribution in [0.1, 0.15) is 63.2 Å². The number of anilines is 2. The molecule has 1 heterocycles. The van der Waals surface area contributed by atoms with Crippen LogP contribution in [0.3, 0.4) is 0 Å². The normalized spacial score (nSPS) is 22.9. The summed E-state index contributed by atoms with van der Waals surface area (Å²) in [6.45, 7) is 6.16. The molecule has 2 unspecified atom stereocenters. The molecule has 1 aliphatic carbocycles. The number of rotatable bonds is 4. The first-order valence-electron chi connectivity index (χ1n) is 7.81. The van der Waals surface area contributed by atoms with Gasteiger partial charge < -0.3 is 16.4 Å². The molecular weight excluding hydrogens is 284 g/mol. The fraction of sp³-hybridized carbons (Fsp3) is 0.733. The lowest BCUT2D eigenvalue weighted by Gasteiger charge is -2.23. The van der Waals surface area contributed by atoms with Gasteiger partial charge in [-0.2, -0.15) is 4.37 Å². The number of carbonyl (C=O) groups excluding carboxylic acids is 1. The van der Waals surface area contributed by atoms with E-state index in [4.69, 9.17) is 5.73 Å². The minimum atomic E-state index is -0.139. The van der Waals surface area contributed by atoms with E-state index in [0.717, 1.165) is 11.4 Å². The number of aromatic nitrogens is 1. The van der Waals surface area contributed by atoms with E-state index in [2.05, 4.69) is 21.9 Å². The molecule has 118 valence electrons. The van der Waals surface area contributed by atoms with E-state index < -0.39 is 0 Å². The second-order valence-electron chi connectivity index (χ2n) is 6.27. The van der Waals surface area contributed by atoms with Crippen molar-refractivity contribution in [2.45, 2.75) is 65.0 Å². The van der Waals surface area contributed by atoms with Crippen molar-refractivity contribution in [1.82, 2.24) is 9.69 Å². The smallest absolute Gasteiger partial charge is 0.258 e. The van der Waals surface area contributed by atoms with Crippen LogP contribution in [0.2, 0.25) is 0 Å². The van der Waals surface area contributed by atoms with Crippen LogP contribution in [0.15, 0.2) is 0 Å². The van der Waals surface area contributed by atoms with E-state index in [1.54, 1.807) is 0 Å². The minimum Gasteiger partial charge on any atom is -0.382 e. The predicted molar refractivity (Wildman–Crippen MR) is 88.8 cm³/mol. The number of nitrogens with one attached hydrogen (secondary N) is 2. The molecule has 21 heavy (non-hydrogen) atoms. The van der Waals surface area contributed by atoms with Crippen LogP contribution in [-0.4, -0.2) is 22.4 Å². The SMILES string of the molecule is CC(C)NC(=O)c1c(N)nsc1NC1CCCCCC1C. The largest absolute Gasteiger partial charge is 0.382 e. The molecule has 2 atom stereocenters. The molecule has 1 aromatic heterocycles. The number of nitrogens with zero attached hydrogens (tertiary/aromatic N) is 1. The third-order valence-electron chi connectivity index (χ3n) is 4.04. The van der Waals surface area contributed by atoms with E-state index in [9.17, 15) is 4.79 Å². The maximum Gasteiger partial charge on any atom is 0.258 e. The van der Waals surface area contributed by atoms with Crippen LogP contribution in [0.5, 0.6) is 0 Å². The molecule has 4 N–H and O–H groups in total. The standard InChI is InChI=1S/C15H26N4OS/c1-9(2)17-14(20)12-13(16)19-21-15(12)18-11-8-6-4-5-7-10(11)3/h9-11,18H,4-8H2,1-3H3,(H2,16,19)(H,17,20). The molecular formula is C15H26N4OS. The van der Waals surface area contributed by atoms with Crippen molar-refractivity contribution in [3.8, 4) is 0 Å². The Morgan fingerprint density at radius 1 is 1.33 bits per heavy atom. The molecule has 5 nitrogen and oxygen atoms in total. The molecule has 1 aromatic rings. The molecule has 1 saturated carbocycles. The highest BCUT2D eigenvalue weighted by Gasteiger charge is 2.25. The van der Waals surface area contributed by atoms with Crippen LogP contribution in [0, 0.1) is 5.92 Å². The number of amides is 1. The van der Waals surface area contributed by atoms with Crippen molar-refractivity contribution in [1.29, 1.82) is 0 Å². The highest BCUT2D eigenvalue weighted by molar-refractivity contribution is 7.11. The summed E-state index contributed by atoms with van der Waals surface area (Å²) in [6.07, 6.45) is 6.21. The number of hydrogen-bond donors (Lipinski definition) is 3. The van der Waals surface area contributed by atoms with Gasteiger partial charge in [0.15, 0.2) is 5.82 Å². The molecule has 6 heteroatoms. The quantitative estimate of drug-likeness (QED) is 0.746. The Hall–Kier alpha value is -1.30. The second-order valence-corrected chi connectivity index (χ2v) is 7.04. The Morgan fingerprint density at radius 3 is 2.76 bits per heavy atom. The first kappa shape index (κ1) is 16.1. The van der Waals surface area contributed by atoms with Gasteiger partial charge in [0.05, 0.1) is 0 Å². The summed E-state index contributed by atoms with van der Waals surface area (Å²) in [7, 11) is 0. The van der Waals surface area contributed by atoms with Crippen molar-refractivity contribution < 1.29 is 4.79 Å². The predicted octanol–water partition coefficient (Wildman–Crippen LogP) is 3.24. The Bertz CT molecular complexity index is 486. The molecule has 1 amide bonds. The fourth-order valence-corrected chi connectivity index (χ4v) is 3.60. The summed E-state index contributed by atoms with van der Waals surface area (Å²) >= 11 is 1.29. The Kier molecular flexibility index (Phi) is 5.45. The second kappa shape index (κ2) is 7.11. The summed E-state index contributed by atoms with van der Waals surface area (Å²) in [4.78, 5) is 12.3. The highest BCUT2D eigenvalue weighted by atomic mass is 32.1. The summed E-state index contributed by atoms with van der Waals surface area (Å²) < 4.78 is 4.16. The molecule has 0 bridgehead atoms. The van der Waals surface area contributed by atoms with Gasteiger partial charge in [-0.05, 0) is 44.1 Å². The van der Waals surface area contributed by atoms with Crippen molar-refractivity contribution in [2.24, 2.45) is 5.92 Å². The molecule has 0 aromatic carbocycles. The van der Waals surface area contributed by atoms with E-state index >= 15 is 0 Å². The molecule has 0 saturated heterocycles. The van der Waals surface area contributed by atoms with Crippen molar-refractivity contribution >= 4 is 28.3 Å². The van der Waals surface area contributed by atoms with Gasteiger partial charge in [0.2, 0.25) is 0 Å². The molecule has 2 rings (SSSR count). The number of nitrogen functional groups attached to an aromatic ring is 1. The van der Waals surface area contributed by atoms with E-state index in [1.807, 2.05) is 13.8 Å².